The number of benzene rings is 2. The molecule has 0 bridgehead atoms. The molecule has 3 rings (SSSR count). The van der Waals surface area contributed by atoms with E-state index in [1.54, 1.807) is 62.4 Å². The number of nitriles is 1. The van der Waals surface area contributed by atoms with Crippen molar-refractivity contribution in [2.45, 2.75) is 37.7 Å². The molecule has 0 aliphatic carbocycles. The number of nitrogens with one attached hydrogen (secondary N) is 1. The number of aliphatic hydroxyl groups is 2. The molecule has 0 aromatic heterocycles. The second-order valence-electron chi connectivity index (χ2n) is 6.81. The number of carbonyl (C=O) groups excluding carboxylic acids is 1. The second-order valence-corrected chi connectivity index (χ2v) is 6.81. The Hall–Kier alpha value is -2.88. The molecule has 0 spiro atoms. The zero-order valence-corrected chi connectivity index (χ0v) is 14.5. The fraction of sp³-hybridized carbons (Fsp3) is 0.300. The van der Waals surface area contributed by atoms with Gasteiger partial charge >= 0.3 is 0 Å². The Morgan fingerprint density at radius 3 is 2.62 bits per heavy atom. The molecule has 26 heavy (non-hydrogen) atoms. The zero-order chi connectivity index (χ0) is 18.9. The predicted molar refractivity (Wildman–Crippen MR) is 94.2 cm³/mol. The van der Waals surface area contributed by atoms with Crippen molar-refractivity contribution in [3.05, 3.63) is 65.2 Å². The van der Waals surface area contributed by atoms with Crippen LogP contribution in [0, 0.1) is 11.3 Å². The van der Waals surface area contributed by atoms with Crippen molar-refractivity contribution in [1.82, 2.24) is 5.32 Å². The average molecular weight is 352 g/mol. The lowest BCUT2D eigenvalue weighted by Gasteiger charge is -2.42. The lowest BCUT2D eigenvalue weighted by Crippen LogP contribution is -2.54. The van der Waals surface area contributed by atoms with Crippen LogP contribution in [-0.2, 0) is 4.79 Å². The molecule has 3 atom stereocenters. The lowest BCUT2D eigenvalue weighted by molar-refractivity contribution is -0.134. The van der Waals surface area contributed by atoms with Gasteiger partial charge in [-0.3, -0.25) is 4.79 Å². The van der Waals surface area contributed by atoms with Gasteiger partial charge < -0.3 is 20.3 Å². The van der Waals surface area contributed by atoms with E-state index in [-0.39, 0.29) is 0 Å². The number of carbonyl (C=O) groups is 1. The van der Waals surface area contributed by atoms with E-state index < -0.39 is 29.8 Å². The van der Waals surface area contributed by atoms with Crippen LogP contribution in [0.25, 0.3) is 0 Å². The van der Waals surface area contributed by atoms with E-state index in [0.29, 0.717) is 22.4 Å². The van der Waals surface area contributed by atoms with Gasteiger partial charge in [0, 0.05) is 5.56 Å². The molecule has 6 nitrogen and oxygen atoms in total. The first-order valence-corrected chi connectivity index (χ1v) is 8.28. The molecular weight excluding hydrogens is 332 g/mol. The Morgan fingerprint density at radius 2 is 1.96 bits per heavy atom. The van der Waals surface area contributed by atoms with Crippen LogP contribution < -0.4 is 10.1 Å². The summed E-state index contributed by atoms with van der Waals surface area (Å²) in [4.78, 5) is 12.6. The summed E-state index contributed by atoms with van der Waals surface area (Å²) in [6, 6.07) is 14.6. The largest absolute Gasteiger partial charge is 0.485 e. The minimum atomic E-state index is -1.36. The minimum Gasteiger partial charge on any atom is -0.485 e. The lowest BCUT2D eigenvalue weighted by atomic mass is 9.85. The predicted octanol–water partition coefficient (Wildman–Crippen LogP) is 1.98. The summed E-state index contributed by atoms with van der Waals surface area (Å²) in [5, 5.41) is 32.8. The topological polar surface area (TPSA) is 103 Å². The maximum Gasteiger partial charge on any atom is 0.254 e. The van der Waals surface area contributed by atoms with Crippen molar-refractivity contribution >= 4 is 5.91 Å². The maximum atomic E-state index is 12.6. The third-order valence-electron chi connectivity index (χ3n) is 4.54. The van der Waals surface area contributed by atoms with Gasteiger partial charge in [0.2, 0.25) is 0 Å². The molecule has 0 fully saturated rings. The van der Waals surface area contributed by atoms with E-state index in [1.807, 2.05) is 6.07 Å². The van der Waals surface area contributed by atoms with E-state index in [2.05, 4.69) is 5.32 Å². The van der Waals surface area contributed by atoms with Gasteiger partial charge in [0.15, 0.2) is 6.10 Å². The SMILES string of the molecule is CC1(C)Oc2ccc(C#N)cc2[C@H](NC(=O)[C@H](O)c2ccccc2)[C@H]1O. The molecule has 1 amide bonds. The number of fused-ring (bicyclic) bond motifs is 1. The first kappa shape index (κ1) is 17.9. The molecular formula is C20H20N2O4. The van der Waals surface area contributed by atoms with Crippen LogP contribution in [0.4, 0.5) is 0 Å². The van der Waals surface area contributed by atoms with E-state index in [9.17, 15) is 15.0 Å². The molecule has 0 radical (unpaired) electrons. The molecule has 2 aromatic rings. The third kappa shape index (κ3) is 3.27. The average Bonchev–Trinajstić information content (AvgIpc) is 2.65. The van der Waals surface area contributed by atoms with Crippen molar-refractivity contribution in [3.8, 4) is 11.8 Å². The third-order valence-corrected chi connectivity index (χ3v) is 4.54. The van der Waals surface area contributed by atoms with Crippen LogP contribution in [0.1, 0.15) is 42.7 Å². The molecule has 1 heterocycles. The molecule has 1 aliphatic heterocycles. The Balaban J connectivity index is 1.93. The Kier molecular flexibility index (Phi) is 4.68. The van der Waals surface area contributed by atoms with Crippen molar-refractivity contribution in [3.63, 3.8) is 0 Å². The van der Waals surface area contributed by atoms with Gasteiger partial charge in [-0.25, -0.2) is 0 Å². The monoisotopic (exact) mass is 352 g/mol. The van der Waals surface area contributed by atoms with E-state index in [4.69, 9.17) is 10.00 Å². The number of hydrogen-bond donors (Lipinski definition) is 3. The molecule has 6 heteroatoms. The van der Waals surface area contributed by atoms with E-state index >= 15 is 0 Å². The van der Waals surface area contributed by atoms with Gasteiger partial charge in [0.1, 0.15) is 17.5 Å². The molecule has 3 N–H and O–H groups in total. The first-order chi connectivity index (χ1) is 12.3. The summed E-state index contributed by atoms with van der Waals surface area (Å²) < 4.78 is 5.81. The summed E-state index contributed by atoms with van der Waals surface area (Å²) in [7, 11) is 0. The highest BCUT2D eigenvalue weighted by molar-refractivity contribution is 5.82. The van der Waals surface area contributed by atoms with Gasteiger partial charge in [-0.2, -0.15) is 5.26 Å². The summed E-state index contributed by atoms with van der Waals surface area (Å²) in [5.74, 6) is -0.148. The summed E-state index contributed by atoms with van der Waals surface area (Å²) in [5.41, 5.74) is 0.403. The van der Waals surface area contributed by atoms with Crippen LogP contribution in [-0.4, -0.2) is 27.8 Å². The molecule has 0 saturated heterocycles. The quantitative estimate of drug-likeness (QED) is 0.784. The van der Waals surface area contributed by atoms with E-state index in [0.717, 1.165) is 0 Å². The van der Waals surface area contributed by atoms with Crippen molar-refractivity contribution in [2.24, 2.45) is 0 Å². The normalized spacial score (nSPS) is 21.7. The zero-order valence-electron chi connectivity index (χ0n) is 14.5. The number of hydrogen-bond acceptors (Lipinski definition) is 5. The maximum absolute atomic E-state index is 12.6. The standard InChI is InChI=1S/C20H20N2O4/c1-20(2)18(24)16(14-10-12(11-21)8-9-15(14)26-20)22-19(25)17(23)13-6-4-3-5-7-13/h3-10,16-18,23-24H,1-2H3,(H,22,25)/t16-,17+,18+/m0/s1. The van der Waals surface area contributed by atoms with Crippen molar-refractivity contribution in [2.75, 3.05) is 0 Å². The summed E-state index contributed by atoms with van der Waals surface area (Å²) >= 11 is 0. The number of amides is 1. The first-order valence-electron chi connectivity index (χ1n) is 8.28. The fourth-order valence-electron chi connectivity index (χ4n) is 3.04. The van der Waals surface area contributed by atoms with E-state index in [1.165, 1.54) is 0 Å². The van der Waals surface area contributed by atoms with Crippen molar-refractivity contribution < 1.29 is 19.7 Å². The van der Waals surface area contributed by atoms with Gasteiger partial charge in [0.25, 0.3) is 5.91 Å². The molecule has 0 unspecified atom stereocenters. The summed E-state index contributed by atoms with van der Waals surface area (Å²) in [6.45, 7) is 3.43. The second kappa shape index (κ2) is 6.79. The number of aliphatic hydroxyl groups excluding tert-OH is 2. The Labute approximate surface area is 151 Å². The minimum absolute atomic E-state index is 0.391. The van der Waals surface area contributed by atoms with Crippen LogP contribution >= 0.6 is 0 Å². The van der Waals surface area contributed by atoms with Crippen LogP contribution in [0.15, 0.2) is 48.5 Å². The Morgan fingerprint density at radius 1 is 1.27 bits per heavy atom. The fourth-order valence-corrected chi connectivity index (χ4v) is 3.04. The van der Waals surface area contributed by atoms with Crippen molar-refractivity contribution in [1.29, 1.82) is 5.26 Å². The molecule has 2 aromatic carbocycles. The van der Waals surface area contributed by atoms with Crippen LogP contribution in [0.2, 0.25) is 0 Å². The van der Waals surface area contributed by atoms with Crippen LogP contribution in [0.5, 0.6) is 5.75 Å². The molecule has 1 aliphatic rings. The van der Waals surface area contributed by atoms with Gasteiger partial charge in [-0.15, -0.1) is 0 Å². The number of rotatable bonds is 3. The smallest absolute Gasteiger partial charge is 0.254 e. The van der Waals surface area contributed by atoms with Gasteiger partial charge in [0.05, 0.1) is 17.7 Å². The number of ether oxygens (including phenoxy) is 1. The molecule has 134 valence electrons. The highest BCUT2D eigenvalue weighted by atomic mass is 16.5. The highest BCUT2D eigenvalue weighted by Crippen LogP contribution is 2.40. The van der Waals surface area contributed by atoms with Gasteiger partial charge in [-0.05, 0) is 37.6 Å². The highest BCUT2D eigenvalue weighted by Gasteiger charge is 2.44. The Bertz CT molecular complexity index is 858. The van der Waals surface area contributed by atoms with Crippen LogP contribution in [0.3, 0.4) is 0 Å². The van der Waals surface area contributed by atoms with Gasteiger partial charge in [-0.1, -0.05) is 30.3 Å². The summed E-state index contributed by atoms with van der Waals surface area (Å²) in [6.07, 6.45) is -2.42. The molecule has 0 saturated carbocycles. The number of nitrogens with zero attached hydrogens (tertiary/aromatic N) is 1.